The number of hydrogen-bond acceptors (Lipinski definition) is 4. The SMILES string of the molecule is CC1COc2cc(Cl)ccc2N1C(=O)N1CCN(c2ccc(F)cn2)CC1. The molecule has 0 aliphatic carbocycles. The number of urea groups is 1. The highest BCUT2D eigenvalue weighted by Crippen LogP contribution is 2.36. The highest BCUT2D eigenvalue weighted by molar-refractivity contribution is 6.30. The van der Waals surface area contributed by atoms with Gasteiger partial charge in [0, 0.05) is 37.3 Å². The van der Waals surface area contributed by atoms with Crippen molar-refractivity contribution in [3.05, 3.63) is 47.4 Å². The number of benzene rings is 1. The van der Waals surface area contributed by atoms with E-state index in [0.717, 1.165) is 11.5 Å². The van der Waals surface area contributed by atoms with Crippen molar-refractivity contribution in [2.24, 2.45) is 0 Å². The number of pyridine rings is 1. The first-order chi connectivity index (χ1) is 13.0. The summed E-state index contributed by atoms with van der Waals surface area (Å²) in [6.07, 6.45) is 1.21. The minimum absolute atomic E-state index is 0.0407. The maximum absolute atomic E-state index is 13.2. The molecule has 0 radical (unpaired) electrons. The highest BCUT2D eigenvalue weighted by atomic mass is 35.5. The van der Waals surface area contributed by atoms with Crippen LogP contribution in [0.15, 0.2) is 36.5 Å². The Kier molecular flexibility index (Phi) is 4.78. The van der Waals surface area contributed by atoms with Crippen molar-refractivity contribution >= 4 is 29.1 Å². The van der Waals surface area contributed by atoms with E-state index in [1.807, 2.05) is 17.9 Å². The number of ether oxygens (including phenoxy) is 1. The fourth-order valence-corrected chi connectivity index (χ4v) is 3.61. The topological polar surface area (TPSA) is 48.9 Å². The van der Waals surface area contributed by atoms with Gasteiger partial charge in [-0.25, -0.2) is 14.2 Å². The van der Waals surface area contributed by atoms with E-state index < -0.39 is 0 Å². The average Bonchev–Trinajstić information content (AvgIpc) is 2.68. The molecular weight excluding hydrogens is 371 g/mol. The number of fused-ring (bicyclic) bond motifs is 1. The fourth-order valence-electron chi connectivity index (χ4n) is 3.45. The molecule has 2 aliphatic rings. The molecule has 27 heavy (non-hydrogen) atoms. The van der Waals surface area contributed by atoms with Gasteiger partial charge >= 0.3 is 6.03 Å². The molecular formula is C19H20ClFN4O2. The molecule has 2 aromatic rings. The first-order valence-corrected chi connectivity index (χ1v) is 9.28. The minimum atomic E-state index is -0.354. The van der Waals surface area contributed by atoms with Crippen LogP contribution in [0.1, 0.15) is 6.92 Å². The summed E-state index contributed by atoms with van der Waals surface area (Å²) >= 11 is 6.04. The zero-order valence-electron chi connectivity index (χ0n) is 14.9. The third kappa shape index (κ3) is 3.51. The number of anilines is 2. The maximum atomic E-state index is 13.2. The Morgan fingerprint density at radius 1 is 1.22 bits per heavy atom. The van der Waals surface area contributed by atoms with Gasteiger partial charge in [0.1, 0.15) is 24.0 Å². The van der Waals surface area contributed by atoms with E-state index in [4.69, 9.17) is 16.3 Å². The Morgan fingerprint density at radius 2 is 2.00 bits per heavy atom. The number of aromatic nitrogens is 1. The molecule has 0 saturated carbocycles. The Labute approximate surface area is 162 Å². The van der Waals surface area contributed by atoms with Gasteiger partial charge < -0.3 is 14.5 Å². The standard InChI is InChI=1S/C19H20ClFN4O2/c1-13-12-27-17-10-14(20)2-4-16(17)25(13)19(26)24-8-6-23(7-9-24)18-5-3-15(21)11-22-18/h2-5,10-11,13H,6-9,12H2,1H3. The third-order valence-corrected chi connectivity index (χ3v) is 5.13. The predicted molar refractivity (Wildman–Crippen MR) is 102 cm³/mol. The van der Waals surface area contributed by atoms with Crippen molar-refractivity contribution in [1.82, 2.24) is 9.88 Å². The Bertz CT molecular complexity index is 840. The van der Waals surface area contributed by atoms with E-state index in [2.05, 4.69) is 9.88 Å². The first kappa shape index (κ1) is 17.9. The van der Waals surface area contributed by atoms with Gasteiger partial charge in [-0.2, -0.15) is 0 Å². The van der Waals surface area contributed by atoms with Gasteiger partial charge in [-0.05, 0) is 31.2 Å². The minimum Gasteiger partial charge on any atom is -0.489 e. The van der Waals surface area contributed by atoms with Gasteiger partial charge in [0.2, 0.25) is 0 Å². The molecule has 1 atom stereocenters. The first-order valence-electron chi connectivity index (χ1n) is 8.90. The normalized spacial score (nSPS) is 19.5. The van der Waals surface area contributed by atoms with E-state index in [-0.39, 0.29) is 17.9 Å². The molecule has 2 amide bonds. The second-order valence-electron chi connectivity index (χ2n) is 6.73. The van der Waals surface area contributed by atoms with Gasteiger partial charge in [-0.15, -0.1) is 0 Å². The quantitative estimate of drug-likeness (QED) is 0.748. The summed E-state index contributed by atoms with van der Waals surface area (Å²) in [4.78, 5) is 23.0. The van der Waals surface area contributed by atoms with Crippen LogP contribution >= 0.6 is 11.6 Å². The van der Waals surface area contributed by atoms with E-state index in [1.54, 1.807) is 23.1 Å². The predicted octanol–water partition coefficient (Wildman–Crippen LogP) is 3.40. The summed E-state index contributed by atoms with van der Waals surface area (Å²) in [6.45, 7) is 4.84. The molecule has 1 saturated heterocycles. The number of carbonyl (C=O) groups excluding carboxylic acids is 1. The van der Waals surface area contributed by atoms with Crippen LogP contribution in [-0.2, 0) is 0 Å². The number of halogens is 2. The molecule has 0 bridgehead atoms. The Balaban J connectivity index is 1.47. The lowest BCUT2D eigenvalue weighted by atomic mass is 10.1. The number of nitrogens with zero attached hydrogens (tertiary/aromatic N) is 4. The van der Waals surface area contributed by atoms with Crippen molar-refractivity contribution in [3.63, 3.8) is 0 Å². The molecule has 2 aliphatic heterocycles. The van der Waals surface area contributed by atoms with Crippen molar-refractivity contribution in [2.75, 3.05) is 42.6 Å². The van der Waals surface area contributed by atoms with Crippen molar-refractivity contribution < 1.29 is 13.9 Å². The summed E-state index contributed by atoms with van der Waals surface area (Å²) in [5.74, 6) is 0.999. The molecule has 3 heterocycles. The summed E-state index contributed by atoms with van der Waals surface area (Å²) in [7, 11) is 0. The van der Waals surface area contributed by atoms with Gasteiger partial charge in [-0.1, -0.05) is 11.6 Å². The number of carbonyl (C=O) groups is 1. The molecule has 6 nitrogen and oxygen atoms in total. The molecule has 1 fully saturated rings. The van der Waals surface area contributed by atoms with Gasteiger partial charge in [0.05, 0.1) is 17.9 Å². The number of rotatable bonds is 1. The highest BCUT2D eigenvalue weighted by Gasteiger charge is 2.34. The van der Waals surface area contributed by atoms with Crippen LogP contribution in [0, 0.1) is 5.82 Å². The Morgan fingerprint density at radius 3 is 2.70 bits per heavy atom. The van der Waals surface area contributed by atoms with Crippen molar-refractivity contribution in [2.45, 2.75) is 13.0 Å². The smallest absolute Gasteiger partial charge is 0.325 e. The van der Waals surface area contributed by atoms with Gasteiger partial charge in [-0.3, -0.25) is 4.90 Å². The maximum Gasteiger partial charge on any atom is 0.325 e. The molecule has 0 N–H and O–H groups in total. The average molecular weight is 391 g/mol. The molecule has 1 aromatic carbocycles. The van der Waals surface area contributed by atoms with Gasteiger partial charge in [0.15, 0.2) is 0 Å². The van der Waals surface area contributed by atoms with Crippen LogP contribution in [0.2, 0.25) is 5.02 Å². The van der Waals surface area contributed by atoms with Crippen molar-refractivity contribution in [1.29, 1.82) is 0 Å². The fraction of sp³-hybridized carbons (Fsp3) is 0.368. The zero-order valence-corrected chi connectivity index (χ0v) is 15.7. The third-order valence-electron chi connectivity index (χ3n) is 4.89. The van der Waals surface area contributed by atoms with E-state index in [1.165, 1.54) is 12.3 Å². The Hall–Kier alpha value is -2.54. The van der Waals surface area contributed by atoms with Crippen LogP contribution in [0.5, 0.6) is 5.75 Å². The zero-order chi connectivity index (χ0) is 19.0. The van der Waals surface area contributed by atoms with Crippen LogP contribution in [-0.4, -0.2) is 54.7 Å². The lowest BCUT2D eigenvalue weighted by Gasteiger charge is -2.41. The lowest BCUT2D eigenvalue weighted by molar-refractivity contribution is 0.190. The van der Waals surface area contributed by atoms with Gasteiger partial charge in [0.25, 0.3) is 0 Å². The monoisotopic (exact) mass is 390 g/mol. The second-order valence-corrected chi connectivity index (χ2v) is 7.17. The van der Waals surface area contributed by atoms with E-state index in [0.29, 0.717) is 43.6 Å². The molecule has 1 aromatic heterocycles. The summed E-state index contributed by atoms with van der Waals surface area (Å²) in [6, 6.07) is 8.28. The largest absolute Gasteiger partial charge is 0.489 e. The molecule has 4 rings (SSSR count). The number of piperazine rings is 1. The lowest BCUT2D eigenvalue weighted by Crippen LogP contribution is -2.56. The summed E-state index contributed by atoms with van der Waals surface area (Å²) < 4.78 is 18.8. The second kappa shape index (κ2) is 7.23. The van der Waals surface area contributed by atoms with Crippen molar-refractivity contribution in [3.8, 4) is 5.75 Å². The van der Waals surface area contributed by atoms with Crippen LogP contribution in [0.4, 0.5) is 20.7 Å². The summed E-state index contributed by atoms with van der Waals surface area (Å²) in [5.41, 5.74) is 0.741. The molecule has 0 spiro atoms. The molecule has 142 valence electrons. The van der Waals surface area contributed by atoms with Crippen LogP contribution < -0.4 is 14.5 Å². The van der Waals surface area contributed by atoms with Crippen LogP contribution in [0.3, 0.4) is 0 Å². The molecule has 8 heteroatoms. The van der Waals surface area contributed by atoms with E-state index >= 15 is 0 Å². The summed E-state index contributed by atoms with van der Waals surface area (Å²) in [5, 5.41) is 0.580. The van der Waals surface area contributed by atoms with E-state index in [9.17, 15) is 9.18 Å². The number of amides is 2. The number of hydrogen-bond donors (Lipinski definition) is 0. The molecule has 1 unspecified atom stereocenters. The van der Waals surface area contributed by atoms with Crippen LogP contribution in [0.25, 0.3) is 0 Å².